The fraction of sp³-hybridized carbons (Fsp3) is 0.350. The first-order chi connectivity index (χ1) is 14.2. The number of rotatable bonds is 4. The predicted molar refractivity (Wildman–Crippen MR) is 103 cm³/mol. The Morgan fingerprint density at radius 1 is 0.968 bits per heavy atom. The Labute approximate surface area is 176 Å². The van der Waals surface area contributed by atoms with Gasteiger partial charge in [-0.05, 0) is 26.8 Å². The number of hydrogen-bond donors (Lipinski definition) is 1. The normalized spacial score (nSPS) is 20.7. The van der Waals surface area contributed by atoms with E-state index in [1.165, 1.54) is 46.0 Å². The summed E-state index contributed by atoms with van der Waals surface area (Å²) in [7, 11) is -1.07. The minimum absolute atomic E-state index is 0.0345. The molecule has 1 unspecified atom stereocenters. The van der Waals surface area contributed by atoms with Crippen molar-refractivity contribution in [1.29, 1.82) is 0 Å². The number of carbonyl (C=O) groups is 1. The molecule has 31 heavy (non-hydrogen) atoms. The van der Waals surface area contributed by atoms with Gasteiger partial charge in [0, 0.05) is 12.6 Å². The fourth-order valence-electron chi connectivity index (χ4n) is 3.32. The van der Waals surface area contributed by atoms with Crippen LogP contribution in [0.25, 0.3) is 0 Å². The smallest absolute Gasteiger partial charge is 0.271 e. The molecule has 2 aromatic rings. The summed E-state index contributed by atoms with van der Waals surface area (Å²) in [6.07, 6.45) is 0. The third-order valence-electron chi connectivity index (χ3n) is 4.98. The van der Waals surface area contributed by atoms with E-state index >= 15 is 4.39 Å². The summed E-state index contributed by atoms with van der Waals surface area (Å²) in [4.78, 5) is 13.8. The maximum absolute atomic E-state index is 16.5. The summed E-state index contributed by atoms with van der Waals surface area (Å²) in [5.74, 6) is -13.0. The van der Waals surface area contributed by atoms with Crippen LogP contribution in [0.15, 0.2) is 24.3 Å². The van der Waals surface area contributed by atoms with Crippen LogP contribution >= 0.6 is 0 Å². The highest BCUT2D eigenvalue weighted by Gasteiger charge is 2.59. The van der Waals surface area contributed by atoms with Crippen LogP contribution in [0.3, 0.4) is 0 Å². The second-order valence-corrected chi connectivity index (χ2v) is 10.0. The van der Waals surface area contributed by atoms with Crippen LogP contribution in [0, 0.1) is 29.1 Å². The summed E-state index contributed by atoms with van der Waals surface area (Å²) in [5.41, 5.74) is -5.26. The van der Waals surface area contributed by atoms with Gasteiger partial charge in [0.25, 0.3) is 5.91 Å². The van der Waals surface area contributed by atoms with Crippen LogP contribution in [0.1, 0.15) is 37.9 Å². The maximum Gasteiger partial charge on any atom is 0.271 e. The average Bonchev–Trinajstić information content (AvgIpc) is 2.91. The van der Waals surface area contributed by atoms with Gasteiger partial charge < -0.3 is 4.90 Å². The number of likely N-dealkylation sites (N-methyl/N-ethyl adjacent to an activating group) is 1. The number of para-hydroxylation sites is 1. The van der Waals surface area contributed by atoms with Crippen molar-refractivity contribution in [2.75, 3.05) is 11.9 Å². The van der Waals surface area contributed by atoms with Crippen molar-refractivity contribution in [2.24, 2.45) is 0 Å². The third kappa shape index (κ3) is 3.43. The molecule has 1 heterocycles. The highest BCUT2D eigenvalue weighted by molar-refractivity contribution is 7.84. The van der Waals surface area contributed by atoms with Gasteiger partial charge in [-0.2, -0.15) is 0 Å². The van der Waals surface area contributed by atoms with E-state index in [0.717, 1.165) is 11.0 Å². The molecule has 1 aliphatic rings. The van der Waals surface area contributed by atoms with Gasteiger partial charge in [-0.15, -0.1) is 0 Å². The topological polar surface area (TPSA) is 49.4 Å². The molecule has 3 atom stereocenters. The summed E-state index contributed by atoms with van der Waals surface area (Å²) < 4.78 is 101. The third-order valence-corrected chi connectivity index (χ3v) is 6.55. The van der Waals surface area contributed by atoms with Crippen molar-refractivity contribution in [3.05, 3.63) is 64.5 Å². The molecular formula is C20H18F6N2O2S. The van der Waals surface area contributed by atoms with Crippen molar-refractivity contribution in [2.45, 2.75) is 37.2 Å². The zero-order valence-corrected chi connectivity index (χ0v) is 17.6. The second kappa shape index (κ2) is 7.63. The number of halogens is 6. The number of alkyl halides is 1. The monoisotopic (exact) mass is 464 g/mol. The van der Waals surface area contributed by atoms with Gasteiger partial charge in [-0.1, -0.05) is 18.2 Å². The predicted octanol–water partition coefficient (Wildman–Crippen LogP) is 4.32. The molecule has 1 aliphatic heterocycles. The summed E-state index contributed by atoms with van der Waals surface area (Å²) in [6.45, 7) is 4.31. The number of fused-ring (bicyclic) bond motifs is 1. The molecule has 0 saturated heterocycles. The van der Waals surface area contributed by atoms with E-state index in [2.05, 4.69) is 4.72 Å². The quantitative estimate of drug-likeness (QED) is 0.417. The number of anilines is 1. The largest absolute Gasteiger partial charge is 0.312 e. The van der Waals surface area contributed by atoms with Crippen LogP contribution in [0.4, 0.5) is 32.0 Å². The lowest BCUT2D eigenvalue weighted by Gasteiger charge is -2.33. The Hall–Kier alpha value is -2.40. The van der Waals surface area contributed by atoms with Crippen LogP contribution in [-0.4, -0.2) is 21.9 Å². The Bertz CT molecular complexity index is 1070. The van der Waals surface area contributed by atoms with Crippen LogP contribution in [-0.2, 0) is 21.4 Å². The van der Waals surface area contributed by atoms with E-state index in [4.69, 9.17) is 0 Å². The minimum Gasteiger partial charge on any atom is -0.312 e. The molecule has 0 radical (unpaired) electrons. The Morgan fingerprint density at radius 2 is 1.45 bits per heavy atom. The highest BCUT2D eigenvalue weighted by Crippen LogP contribution is 2.51. The van der Waals surface area contributed by atoms with Gasteiger partial charge in [0.05, 0.1) is 33.0 Å². The van der Waals surface area contributed by atoms with Gasteiger partial charge in [0.1, 0.15) is 0 Å². The molecule has 0 saturated carbocycles. The van der Waals surface area contributed by atoms with E-state index in [-0.39, 0.29) is 11.3 Å². The minimum atomic E-state index is -3.31. The SMILES string of the molecule is CN1C(=O)[C@@](F)([C@@H](NS(=O)C(C)(C)C)c2c(F)c(F)c(F)c(F)c2F)c2ccccc21. The summed E-state index contributed by atoms with van der Waals surface area (Å²) in [6, 6.07) is 2.83. The number of nitrogens with one attached hydrogen (secondary N) is 1. The highest BCUT2D eigenvalue weighted by atomic mass is 32.2. The number of amides is 1. The zero-order valence-electron chi connectivity index (χ0n) is 16.8. The first-order valence-corrected chi connectivity index (χ1v) is 10.2. The fourth-order valence-corrected chi connectivity index (χ4v) is 4.17. The van der Waals surface area contributed by atoms with Crippen molar-refractivity contribution >= 4 is 22.6 Å². The van der Waals surface area contributed by atoms with Crippen molar-refractivity contribution in [3.8, 4) is 0 Å². The number of benzene rings is 2. The van der Waals surface area contributed by atoms with E-state index < -0.39 is 68.0 Å². The average molecular weight is 464 g/mol. The Morgan fingerprint density at radius 3 is 1.97 bits per heavy atom. The van der Waals surface area contributed by atoms with Gasteiger partial charge in [-0.3, -0.25) is 4.79 Å². The standard InChI is InChI=1S/C20H18F6N2O2S/c1-19(2,3)31(30)27-17(11-12(21)14(23)16(25)15(24)13(11)22)20(26)9-7-5-6-8-10(9)28(4)18(20)29/h5-8,17,27H,1-4H3/t17-,20-,31?/m0/s1. The van der Waals surface area contributed by atoms with Crippen LogP contribution in [0.5, 0.6) is 0 Å². The second-order valence-electron chi connectivity index (χ2n) is 8.01. The van der Waals surface area contributed by atoms with E-state index in [1.54, 1.807) is 0 Å². The lowest BCUT2D eigenvalue weighted by Crippen LogP contribution is -2.49. The van der Waals surface area contributed by atoms with Crippen molar-refractivity contribution in [3.63, 3.8) is 0 Å². The van der Waals surface area contributed by atoms with Gasteiger partial charge in [-0.25, -0.2) is 35.3 Å². The summed E-state index contributed by atoms with van der Waals surface area (Å²) in [5, 5.41) is 0. The Balaban J connectivity index is 2.36. The summed E-state index contributed by atoms with van der Waals surface area (Å²) >= 11 is 0. The molecule has 3 rings (SSSR count). The molecule has 0 spiro atoms. The Kier molecular flexibility index (Phi) is 5.72. The first kappa shape index (κ1) is 23.3. The lowest BCUT2D eigenvalue weighted by molar-refractivity contribution is -0.131. The lowest BCUT2D eigenvalue weighted by atomic mass is 9.85. The van der Waals surface area contributed by atoms with Gasteiger partial charge in [0.15, 0.2) is 23.3 Å². The van der Waals surface area contributed by atoms with Crippen molar-refractivity contribution in [1.82, 2.24) is 4.72 Å². The molecule has 168 valence electrons. The number of hydrogen-bond acceptors (Lipinski definition) is 2. The molecule has 2 aromatic carbocycles. The molecule has 11 heteroatoms. The maximum atomic E-state index is 16.5. The molecule has 1 N–H and O–H groups in total. The van der Waals surface area contributed by atoms with E-state index in [1.807, 2.05) is 0 Å². The molecular weight excluding hydrogens is 446 g/mol. The van der Waals surface area contributed by atoms with Crippen LogP contribution < -0.4 is 9.62 Å². The molecule has 0 aliphatic carbocycles. The van der Waals surface area contributed by atoms with Crippen molar-refractivity contribution < 1.29 is 35.3 Å². The first-order valence-electron chi connectivity index (χ1n) is 9.00. The van der Waals surface area contributed by atoms with Gasteiger partial charge in [0.2, 0.25) is 11.5 Å². The number of nitrogens with zero attached hydrogens (tertiary/aromatic N) is 1. The van der Waals surface area contributed by atoms with Crippen LogP contribution in [0.2, 0.25) is 0 Å². The molecule has 0 bridgehead atoms. The zero-order chi connectivity index (χ0) is 23.5. The van der Waals surface area contributed by atoms with Gasteiger partial charge >= 0.3 is 0 Å². The van der Waals surface area contributed by atoms with E-state index in [0.29, 0.717) is 0 Å². The molecule has 0 aromatic heterocycles. The number of carbonyl (C=O) groups excluding carboxylic acids is 1. The molecule has 4 nitrogen and oxygen atoms in total. The molecule has 1 amide bonds. The molecule has 0 fully saturated rings. The van der Waals surface area contributed by atoms with E-state index in [9.17, 15) is 31.0 Å².